The van der Waals surface area contributed by atoms with Crippen LogP contribution in [0.4, 0.5) is 11.4 Å². The molecule has 0 aromatic heterocycles. The number of hydrogen-bond donors (Lipinski definition) is 6. The SMILES string of the molecule is NCC(=O)Nc1cc(NC(=O)CN)cc(C(=O)NCCC(N)=O)c1. The van der Waals surface area contributed by atoms with E-state index in [1.165, 1.54) is 18.2 Å². The van der Waals surface area contributed by atoms with Crippen LogP contribution in [0.1, 0.15) is 16.8 Å². The molecule has 10 nitrogen and oxygen atoms in total. The van der Waals surface area contributed by atoms with Crippen LogP contribution in [0.5, 0.6) is 0 Å². The Morgan fingerprint density at radius 2 is 1.38 bits per heavy atom. The Bertz CT molecular complexity index is 610. The average Bonchev–Trinajstić information content (AvgIpc) is 2.53. The number of carbonyl (C=O) groups is 4. The summed E-state index contributed by atoms with van der Waals surface area (Å²) >= 11 is 0. The minimum absolute atomic E-state index is 0.00783. The average molecular weight is 336 g/mol. The molecule has 10 heteroatoms. The second kappa shape index (κ2) is 9.22. The second-order valence-electron chi connectivity index (χ2n) is 4.78. The summed E-state index contributed by atoms with van der Waals surface area (Å²) in [6.45, 7) is -0.406. The van der Waals surface area contributed by atoms with Crippen LogP contribution in [0, 0.1) is 0 Å². The number of anilines is 2. The number of nitrogens with one attached hydrogen (secondary N) is 3. The van der Waals surface area contributed by atoms with E-state index in [1.807, 2.05) is 0 Å². The molecule has 0 bridgehead atoms. The van der Waals surface area contributed by atoms with E-state index in [1.54, 1.807) is 0 Å². The Labute approximate surface area is 138 Å². The standard InChI is InChI=1S/C14H20N6O4/c15-6-12(22)19-9-3-8(14(24)18-2-1-11(17)21)4-10(5-9)20-13(23)7-16/h3-5H,1-2,6-7,15-16H2,(H2,17,21)(H,18,24)(H,19,22)(H,20,23). The summed E-state index contributed by atoms with van der Waals surface area (Å²) in [7, 11) is 0. The lowest BCUT2D eigenvalue weighted by atomic mass is 10.1. The van der Waals surface area contributed by atoms with E-state index < -0.39 is 23.6 Å². The largest absolute Gasteiger partial charge is 0.370 e. The van der Waals surface area contributed by atoms with Crippen LogP contribution in [0.15, 0.2) is 18.2 Å². The molecule has 0 spiro atoms. The fraction of sp³-hybridized carbons (Fsp3) is 0.286. The van der Waals surface area contributed by atoms with Crippen molar-refractivity contribution in [3.05, 3.63) is 23.8 Å². The molecule has 0 unspecified atom stereocenters. The van der Waals surface area contributed by atoms with Crippen molar-refractivity contribution < 1.29 is 19.2 Å². The summed E-state index contributed by atoms with van der Waals surface area (Å²) in [5.74, 6) is -1.96. The predicted molar refractivity (Wildman–Crippen MR) is 88.0 cm³/mol. The summed E-state index contributed by atoms with van der Waals surface area (Å²) in [5, 5.41) is 7.49. The lowest BCUT2D eigenvalue weighted by molar-refractivity contribution is -0.118. The number of amides is 4. The highest BCUT2D eigenvalue weighted by Crippen LogP contribution is 2.19. The molecule has 0 radical (unpaired) electrons. The zero-order chi connectivity index (χ0) is 18.1. The number of rotatable bonds is 8. The first-order chi connectivity index (χ1) is 11.3. The Hall–Kier alpha value is -2.98. The van der Waals surface area contributed by atoms with Gasteiger partial charge in [0.05, 0.1) is 13.1 Å². The fourth-order valence-corrected chi connectivity index (χ4v) is 1.73. The molecule has 4 amide bonds. The van der Waals surface area contributed by atoms with Gasteiger partial charge in [0, 0.05) is 29.9 Å². The molecule has 0 aliphatic rings. The molecule has 0 heterocycles. The van der Waals surface area contributed by atoms with Gasteiger partial charge in [0.15, 0.2) is 0 Å². The summed E-state index contributed by atoms with van der Waals surface area (Å²) in [4.78, 5) is 45.6. The first-order valence-electron chi connectivity index (χ1n) is 7.07. The van der Waals surface area contributed by atoms with Crippen LogP contribution >= 0.6 is 0 Å². The summed E-state index contributed by atoms with van der Waals surface area (Å²) in [5.41, 5.74) is 16.2. The zero-order valence-electron chi connectivity index (χ0n) is 12.9. The van der Waals surface area contributed by atoms with Crippen molar-refractivity contribution in [1.29, 1.82) is 0 Å². The normalized spacial score (nSPS) is 9.92. The molecule has 0 saturated carbocycles. The molecule has 24 heavy (non-hydrogen) atoms. The molecule has 1 aromatic rings. The van der Waals surface area contributed by atoms with E-state index in [9.17, 15) is 19.2 Å². The molecular weight excluding hydrogens is 316 g/mol. The quantitative estimate of drug-likeness (QED) is 0.322. The van der Waals surface area contributed by atoms with Gasteiger partial charge in [-0.1, -0.05) is 0 Å². The molecule has 0 saturated heterocycles. The van der Waals surface area contributed by atoms with Crippen LogP contribution in [-0.2, 0) is 14.4 Å². The highest BCUT2D eigenvalue weighted by atomic mass is 16.2. The van der Waals surface area contributed by atoms with E-state index in [4.69, 9.17) is 17.2 Å². The maximum atomic E-state index is 12.1. The fourth-order valence-electron chi connectivity index (χ4n) is 1.73. The van der Waals surface area contributed by atoms with E-state index >= 15 is 0 Å². The van der Waals surface area contributed by atoms with Gasteiger partial charge in [0.25, 0.3) is 5.91 Å². The van der Waals surface area contributed by atoms with Crippen LogP contribution in [0.25, 0.3) is 0 Å². The third kappa shape index (κ3) is 6.42. The molecule has 130 valence electrons. The Balaban J connectivity index is 2.98. The topological polar surface area (TPSA) is 182 Å². The van der Waals surface area contributed by atoms with Crippen molar-refractivity contribution in [2.45, 2.75) is 6.42 Å². The monoisotopic (exact) mass is 336 g/mol. The van der Waals surface area contributed by atoms with Crippen molar-refractivity contribution in [2.24, 2.45) is 17.2 Å². The van der Waals surface area contributed by atoms with Crippen LogP contribution < -0.4 is 33.2 Å². The molecular formula is C14H20N6O4. The van der Waals surface area contributed by atoms with Crippen molar-refractivity contribution in [3.63, 3.8) is 0 Å². The van der Waals surface area contributed by atoms with Crippen molar-refractivity contribution >= 4 is 35.0 Å². The predicted octanol–water partition coefficient (Wildman–Crippen LogP) is -1.91. The highest BCUT2D eigenvalue weighted by Gasteiger charge is 2.11. The number of hydrogen-bond acceptors (Lipinski definition) is 6. The Morgan fingerprint density at radius 3 is 1.79 bits per heavy atom. The van der Waals surface area contributed by atoms with Gasteiger partial charge in [-0.05, 0) is 18.2 Å². The number of nitrogens with two attached hydrogens (primary N) is 3. The Morgan fingerprint density at radius 1 is 0.875 bits per heavy atom. The molecule has 0 aliphatic carbocycles. The van der Waals surface area contributed by atoms with Crippen molar-refractivity contribution in [1.82, 2.24) is 5.32 Å². The maximum absolute atomic E-state index is 12.1. The highest BCUT2D eigenvalue weighted by molar-refractivity contribution is 6.01. The van der Waals surface area contributed by atoms with Gasteiger partial charge in [0.2, 0.25) is 17.7 Å². The molecule has 9 N–H and O–H groups in total. The van der Waals surface area contributed by atoms with Gasteiger partial charge in [-0.15, -0.1) is 0 Å². The smallest absolute Gasteiger partial charge is 0.251 e. The first-order valence-corrected chi connectivity index (χ1v) is 7.07. The van der Waals surface area contributed by atoms with E-state index in [0.29, 0.717) is 0 Å². The second-order valence-corrected chi connectivity index (χ2v) is 4.78. The van der Waals surface area contributed by atoms with Crippen LogP contribution in [0.3, 0.4) is 0 Å². The van der Waals surface area contributed by atoms with E-state index in [0.717, 1.165) is 0 Å². The lowest BCUT2D eigenvalue weighted by Crippen LogP contribution is -2.28. The summed E-state index contributed by atoms with van der Waals surface area (Å²) in [6.07, 6.45) is -0.00783. The zero-order valence-corrected chi connectivity index (χ0v) is 12.9. The van der Waals surface area contributed by atoms with Crippen molar-refractivity contribution in [3.8, 4) is 0 Å². The van der Waals surface area contributed by atoms with E-state index in [-0.39, 0.29) is 43.0 Å². The molecule has 1 aromatic carbocycles. The summed E-state index contributed by atoms with van der Waals surface area (Å²) < 4.78 is 0. The molecule has 0 fully saturated rings. The molecule has 0 aliphatic heterocycles. The minimum Gasteiger partial charge on any atom is -0.370 e. The number of carbonyl (C=O) groups excluding carboxylic acids is 4. The third-order valence-electron chi connectivity index (χ3n) is 2.79. The Kier molecular flexibility index (Phi) is 7.33. The molecule has 0 atom stereocenters. The summed E-state index contributed by atoms with van der Waals surface area (Å²) in [6, 6.07) is 4.28. The van der Waals surface area contributed by atoms with Gasteiger partial charge in [0.1, 0.15) is 0 Å². The van der Waals surface area contributed by atoms with Crippen LogP contribution in [-0.4, -0.2) is 43.3 Å². The minimum atomic E-state index is -0.546. The number of primary amides is 1. The van der Waals surface area contributed by atoms with Crippen molar-refractivity contribution in [2.75, 3.05) is 30.3 Å². The molecule has 1 rings (SSSR count). The van der Waals surface area contributed by atoms with E-state index in [2.05, 4.69) is 16.0 Å². The first kappa shape index (κ1) is 19.1. The third-order valence-corrected chi connectivity index (χ3v) is 2.79. The van der Waals surface area contributed by atoms with Crippen LogP contribution in [0.2, 0.25) is 0 Å². The van der Waals surface area contributed by atoms with Gasteiger partial charge in [-0.25, -0.2) is 0 Å². The van der Waals surface area contributed by atoms with Gasteiger partial charge >= 0.3 is 0 Å². The lowest BCUT2D eigenvalue weighted by Gasteiger charge is -2.11. The van der Waals surface area contributed by atoms with Gasteiger partial charge in [-0.3, -0.25) is 19.2 Å². The van der Waals surface area contributed by atoms with Gasteiger partial charge < -0.3 is 33.2 Å². The maximum Gasteiger partial charge on any atom is 0.251 e. The number of benzene rings is 1. The van der Waals surface area contributed by atoms with Gasteiger partial charge in [-0.2, -0.15) is 0 Å².